The smallest absolute Gasteiger partial charge is 0.0956 e. The molecule has 1 aromatic heterocycles. The number of fused-ring (bicyclic) bond motifs is 3. The van der Waals surface area contributed by atoms with Gasteiger partial charge in [-0.25, -0.2) is 4.98 Å². The highest BCUT2D eigenvalue weighted by Gasteiger charge is 2.39. The van der Waals surface area contributed by atoms with Crippen molar-refractivity contribution < 1.29 is 5.11 Å². The Hall–Kier alpha value is -1.65. The maximum atomic E-state index is 10.5. The molecule has 4 nitrogen and oxygen atoms in total. The largest absolute Gasteiger partial charge is 0.391 e. The van der Waals surface area contributed by atoms with Crippen LogP contribution in [0.4, 0.5) is 0 Å². The van der Waals surface area contributed by atoms with Crippen molar-refractivity contribution in [1.29, 1.82) is 0 Å². The Morgan fingerprint density at radius 1 is 1.30 bits per heavy atom. The molecule has 3 heterocycles. The number of rotatable bonds is 1. The number of imidazole rings is 1. The summed E-state index contributed by atoms with van der Waals surface area (Å²) in [7, 11) is 2.07. The van der Waals surface area contributed by atoms with E-state index in [1.54, 1.807) is 0 Å². The van der Waals surface area contributed by atoms with E-state index in [2.05, 4.69) is 45.8 Å². The fraction of sp³-hybridized carbons (Fsp3) is 0.438. The Morgan fingerprint density at radius 3 is 3.00 bits per heavy atom. The summed E-state index contributed by atoms with van der Waals surface area (Å²) in [6, 6.07) is 8.74. The van der Waals surface area contributed by atoms with Gasteiger partial charge in [-0.1, -0.05) is 24.3 Å². The number of hydrogen-bond acceptors (Lipinski definition) is 3. The summed E-state index contributed by atoms with van der Waals surface area (Å²) in [5.41, 5.74) is 3.77. The van der Waals surface area contributed by atoms with Crippen LogP contribution in [0.15, 0.2) is 36.8 Å². The van der Waals surface area contributed by atoms with Crippen molar-refractivity contribution in [3.8, 4) is 11.3 Å². The van der Waals surface area contributed by atoms with Crippen LogP contribution in [0.1, 0.15) is 18.0 Å². The predicted molar refractivity (Wildman–Crippen MR) is 77.4 cm³/mol. The molecule has 3 atom stereocenters. The highest BCUT2D eigenvalue weighted by Crippen LogP contribution is 2.45. The fourth-order valence-electron chi connectivity index (χ4n) is 3.79. The molecule has 0 spiro atoms. The van der Waals surface area contributed by atoms with Crippen LogP contribution in [0.3, 0.4) is 0 Å². The first kappa shape index (κ1) is 12.1. The normalized spacial score (nSPS) is 29.2. The Kier molecular flexibility index (Phi) is 2.69. The molecule has 1 aromatic carbocycles. The maximum Gasteiger partial charge on any atom is 0.0956 e. The van der Waals surface area contributed by atoms with Crippen LogP contribution in [-0.2, 0) is 0 Å². The SMILES string of the molecule is CN1CC[C@H]([C@H]2c3ccccc3-c3cncn32)[C@@H](O)C1. The summed E-state index contributed by atoms with van der Waals surface area (Å²) >= 11 is 0. The lowest BCUT2D eigenvalue weighted by Gasteiger charge is -2.37. The molecular formula is C16H19N3O. The Balaban J connectivity index is 1.79. The number of likely N-dealkylation sites (tertiary alicyclic amines) is 1. The number of aromatic nitrogens is 2. The Bertz CT molecular complexity index is 636. The number of hydrogen-bond donors (Lipinski definition) is 1. The molecule has 0 saturated carbocycles. The number of piperidine rings is 1. The van der Waals surface area contributed by atoms with E-state index in [-0.39, 0.29) is 18.1 Å². The standard InChI is InChI=1S/C16H19N3O/c1-18-7-6-13(15(20)9-18)16-12-5-3-2-4-11(12)14-8-17-10-19(14)16/h2-5,8,10,13,15-16,20H,6-7,9H2,1H3/t13-,15-,16+/m0/s1. The van der Waals surface area contributed by atoms with Crippen molar-refractivity contribution in [1.82, 2.24) is 14.5 Å². The molecule has 2 aliphatic heterocycles. The lowest BCUT2D eigenvalue weighted by molar-refractivity contribution is 0.0166. The maximum absolute atomic E-state index is 10.5. The van der Waals surface area contributed by atoms with Crippen LogP contribution in [0.2, 0.25) is 0 Å². The molecule has 0 amide bonds. The molecule has 1 fully saturated rings. The molecule has 2 aromatic rings. The summed E-state index contributed by atoms with van der Waals surface area (Å²) in [5.74, 6) is 0.266. The minimum absolute atomic E-state index is 0.229. The van der Waals surface area contributed by atoms with Gasteiger partial charge in [0.2, 0.25) is 0 Å². The van der Waals surface area contributed by atoms with E-state index in [9.17, 15) is 5.11 Å². The summed E-state index contributed by atoms with van der Waals surface area (Å²) in [4.78, 5) is 6.50. The minimum Gasteiger partial charge on any atom is -0.391 e. The highest BCUT2D eigenvalue weighted by molar-refractivity contribution is 5.69. The number of aliphatic hydroxyl groups is 1. The fourth-order valence-corrected chi connectivity index (χ4v) is 3.79. The van der Waals surface area contributed by atoms with E-state index >= 15 is 0 Å². The molecule has 1 N–H and O–H groups in total. The van der Waals surface area contributed by atoms with Gasteiger partial charge in [-0.2, -0.15) is 0 Å². The lowest BCUT2D eigenvalue weighted by atomic mass is 9.83. The van der Waals surface area contributed by atoms with Gasteiger partial charge >= 0.3 is 0 Å². The second-order valence-corrected chi connectivity index (χ2v) is 6.00. The first-order chi connectivity index (χ1) is 9.75. The van der Waals surface area contributed by atoms with Gasteiger partial charge in [-0.3, -0.25) is 0 Å². The van der Waals surface area contributed by atoms with Crippen LogP contribution in [-0.4, -0.2) is 45.8 Å². The topological polar surface area (TPSA) is 41.3 Å². The lowest BCUT2D eigenvalue weighted by Crippen LogP contribution is -2.44. The van der Waals surface area contributed by atoms with Gasteiger partial charge in [0, 0.05) is 18.0 Å². The van der Waals surface area contributed by atoms with Gasteiger partial charge in [0.15, 0.2) is 0 Å². The van der Waals surface area contributed by atoms with Crippen LogP contribution < -0.4 is 0 Å². The van der Waals surface area contributed by atoms with E-state index in [1.807, 2.05) is 12.5 Å². The van der Waals surface area contributed by atoms with Gasteiger partial charge in [0.05, 0.1) is 30.4 Å². The third-order valence-corrected chi connectivity index (χ3v) is 4.76. The molecule has 0 unspecified atom stereocenters. The monoisotopic (exact) mass is 269 g/mol. The van der Waals surface area contributed by atoms with Gasteiger partial charge in [-0.05, 0) is 25.6 Å². The average Bonchev–Trinajstić information content (AvgIpc) is 3.00. The second kappa shape index (κ2) is 4.43. The van der Waals surface area contributed by atoms with Gasteiger partial charge in [0.25, 0.3) is 0 Å². The van der Waals surface area contributed by atoms with Crippen molar-refractivity contribution in [3.63, 3.8) is 0 Å². The van der Waals surface area contributed by atoms with Crippen molar-refractivity contribution in [3.05, 3.63) is 42.4 Å². The van der Waals surface area contributed by atoms with E-state index < -0.39 is 0 Å². The van der Waals surface area contributed by atoms with E-state index in [0.717, 1.165) is 19.5 Å². The average molecular weight is 269 g/mol. The van der Waals surface area contributed by atoms with Crippen LogP contribution in [0.5, 0.6) is 0 Å². The van der Waals surface area contributed by atoms with Crippen LogP contribution in [0, 0.1) is 5.92 Å². The van der Waals surface area contributed by atoms with E-state index in [4.69, 9.17) is 0 Å². The van der Waals surface area contributed by atoms with Crippen molar-refractivity contribution in [2.45, 2.75) is 18.6 Å². The first-order valence-electron chi connectivity index (χ1n) is 7.23. The third kappa shape index (κ3) is 1.65. The summed E-state index contributed by atoms with van der Waals surface area (Å²) < 4.78 is 2.24. The van der Waals surface area contributed by atoms with Gasteiger partial charge < -0.3 is 14.6 Å². The number of β-amino-alcohol motifs (C(OH)–C–C–N with tert-alkyl or cyclic N) is 1. The molecular weight excluding hydrogens is 250 g/mol. The zero-order chi connectivity index (χ0) is 13.7. The molecule has 2 aliphatic rings. The quantitative estimate of drug-likeness (QED) is 0.858. The zero-order valence-electron chi connectivity index (χ0n) is 11.6. The number of likely N-dealkylation sites (N-methyl/N-ethyl adjacent to an activating group) is 1. The number of benzene rings is 1. The zero-order valence-corrected chi connectivity index (χ0v) is 11.6. The molecule has 0 bridgehead atoms. The molecule has 0 aliphatic carbocycles. The van der Waals surface area contributed by atoms with Crippen molar-refractivity contribution >= 4 is 0 Å². The number of aliphatic hydroxyl groups excluding tert-OH is 1. The third-order valence-electron chi connectivity index (χ3n) is 4.76. The molecule has 104 valence electrons. The van der Waals surface area contributed by atoms with Gasteiger partial charge in [0.1, 0.15) is 0 Å². The molecule has 0 radical (unpaired) electrons. The number of nitrogens with zero attached hydrogens (tertiary/aromatic N) is 3. The predicted octanol–water partition coefficient (Wildman–Crippen LogP) is 1.77. The molecule has 1 saturated heterocycles. The van der Waals surface area contributed by atoms with Crippen molar-refractivity contribution in [2.75, 3.05) is 20.1 Å². The second-order valence-electron chi connectivity index (χ2n) is 6.00. The Morgan fingerprint density at radius 2 is 2.15 bits per heavy atom. The highest BCUT2D eigenvalue weighted by atomic mass is 16.3. The van der Waals surface area contributed by atoms with Crippen LogP contribution in [0.25, 0.3) is 11.3 Å². The van der Waals surface area contributed by atoms with Gasteiger partial charge in [-0.15, -0.1) is 0 Å². The van der Waals surface area contributed by atoms with Crippen LogP contribution >= 0.6 is 0 Å². The molecule has 4 rings (SSSR count). The molecule has 20 heavy (non-hydrogen) atoms. The minimum atomic E-state index is -0.278. The van der Waals surface area contributed by atoms with E-state index in [1.165, 1.54) is 16.8 Å². The molecule has 4 heteroatoms. The van der Waals surface area contributed by atoms with Crippen molar-refractivity contribution in [2.24, 2.45) is 5.92 Å². The Labute approximate surface area is 118 Å². The summed E-state index contributed by atoms with van der Waals surface area (Å²) in [5, 5.41) is 10.5. The first-order valence-corrected chi connectivity index (χ1v) is 7.23. The summed E-state index contributed by atoms with van der Waals surface area (Å²) in [6.07, 6.45) is 4.58. The van der Waals surface area contributed by atoms with E-state index in [0.29, 0.717) is 0 Å². The summed E-state index contributed by atoms with van der Waals surface area (Å²) in [6.45, 7) is 1.80.